The van der Waals surface area contributed by atoms with Crippen LogP contribution in [0.3, 0.4) is 0 Å². The molecule has 6 heteroatoms. The molecule has 0 unspecified atom stereocenters. The number of carbonyl (C=O) groups is 3. The zero-order valence-electron chi connectivity index (χ0n) is 14.8. The first-order valence-electron chi connectivity index (χ1n) is 8.68. The molecule has 25 heavy (non-hydrogen) atoms. The molecule has 6 nitrogen and oxygen atoms in total. The van der Waals surface area contributed by atoms with Crippen LogP contribution in [-0.2, 0) is 25.7 Å². The quantitative estimate of drug-likeness (QED) is 0.740. The fraction of sp³-hybridized carbons (Fsp3) is 0.526. The second-order valence-corrected chi connectivity index (χ2v) is 6.17. The highest BCUT2D eigenvalue weighted by Gasteiger charge is 2.38. The first-order valence-corrected chi connectivity index (χ1v) is 8.68. The average Bonchev–Trinajstić information content (AvgIpc) is 2.64. The van der Waals surface area contributed by atoms with E-state index in [0.717, 1.165) is 12.0 Å². The highest BCUT2D eigenvalue weighted by Crippen LogP contribution is 2.26. The molecule has 0 bridgehead atoms. The van der Waals surface area contributed by atoms with Crippen LogP contribution < -0.4 is 0 Å². The van der Waals surface area contributed by atoms with Gasteiger partial charge < -0.3 is 9.47 Å². The third-order valence-corrected chi connectivity index (χ3v) is 4.36. The van der Waals surface area contributed by atoms with Gasteiger partial charge in [0.2, 0.25) is 0 Å². The summed E-state index contributed by atoms with van der Waals surface area (Å²) in [7, 11) is 0. The lowest BCUT2D eigenvalue weighted by Crippen LogP contribution is -2.55. The molecular weight excluding hydrogens is 322 g/mol. The maximum atomic E-state index is 12.7. The number of Topliss-reactive ketones (excluding diaryl/α,β-unsaturated/α-hetero) is 1. The fourth-order valence-electron chi connectivity index (χ4n) is 3.08. The van der Waals surface area contributed by atoms with Crippen molar-refractivity contribution < 1.29 is 23.9 Å². The number of likely N-dealkylation sites (tertiary alicyclic amines) is 1. The van der Waals surface area contributed by atoms with Crippen LogP contribution in [0.1, 0.15) is 45.1 Å². The molecule has 2 rings (SSSR count). The summed E-state index contributed by atoms with van der Waals surface area (Å²) in [6.07, 6.45) is 1.93. The third kappa shape index (κ3) is 5.31. The minimum atomic E-state index is -0.535. The summed E-state index contributed by atoms with van der Waals surface area (Å²) in [6.45, 7) is 3.34. The first kappa shape index (κ1) is 19.0. The van der Waals surface area contributed by atoms with E-state index in [-0.39, 0.29) is 25.0 Å². The highest BCUT2D eigenvalue weighted by molar-refractivity contribution is 5.87. The molecule has 1 heterocycles. The first-order chi connectivity index (χ1) is 12.0. The zero-order valence-corrected chi connectivity index (χ0v) is 14.8. The van der Waals surface area contributed by atoms with Gasteiger partial charge in [0.1, 0.15) is 13.2 Å². The SMILES string of the molecule is CCC(=O)[C@H]1CCC[C@@H](COC(C)=O)N1C(=O)OCc1ccccc1. The van der Waals surface area contributed by atoms with Gasteiger partial charge in [0, 0.05) is 13.3 Å². The number of ketones is 1. The average molecular weight is 347 g/mol. The van der Waals surface area contributed by atoms with Crippen LogP contribution in [0.2, 0.25) is 0 Å². The summed E-state index contributed by atoms with van der Waals surface area (Å²) in [6, 6.07) is 8.53. The van der Waals surface area contributed by atoms with Crippen LogP contribution >= 0.6 is 0 Å². The number of esters is 1. The van der Waals surface area contributed by atoms with Gasteiger partial charge in [-0.3, -0.25) is 14.5 Å². The van der Waals surface area contributed by atoms with Crippen LogP contribution in [-0.4, -0.2) is 41.4 Å². The number of rotatable bonds is 6. The van der Waals surface area contributed by atoms with Gasteiger partial charge in [-0.1, -0.05) is 37.3 Å². The predicted molar refractivity (Wildman–Crippen MR) is 91.8 cm³/mol. The molecular formula is C19H25NO5. The van der Waals surface area contributed by atoms with E-state index in [1.54, 1.807) is 6.92 Å². The topological polar surface area (TPSA) is 72.9 Å². The van der Waals surface area contributed by atoms with Gasteiger partial charge in [0.25, 0.3) is 0 Å². The minimum absolute atomic E-state index is 0.00388. The molecule has 1 fully saturated rings. The van der Waals surface area contributed by atoms with Crippen LogP contribution in [0.4, 0.5) is 4.79 Å². The van der Waals surface area contributed by atoms with E-state index in [2.05, 4.69) is 0 Å². The Hall–Kier alpha value is -2.37. The molecule has 1 saturated heterocycles. The Morgan fingerprint density at radius 2 is 1.84 bits per heavy atom. The van der Waals surface area contributed by atoms with Gasteiger partial charge in [-0.25, -0.2) is 4.79 Å². The fourth-order valence-corrected chi connectivity index (χ4v) is 3.08. The number of benzene rings is 1. The number of carbonyl (C=O) groups excluding carboxylic acids is 3. The molecule has 0 spiro atoms. The van der Waals surface area contributed by atoms with Crippen molar-refractivity contribution in [2.75, 3.05) is 6.61 Å². The van der Waals surface area contributed by atoms with E-state index in [1.807, 2.05) is 30.3 Å². The summed E-state index contributed by atoms with van der Waals surface area (Å²) in [5, 5.41) is 0. The van der Waals surface area contributed by atoms with Crippen molar-refractivity contribution in [2.24, 2.45) is 0 Å². The summed E-state index contributed by atoms with van der Waals surface area (Å²) in [5.41, 5.74) is 0.878. The van der Waals surface area contributed by atoms with Crippen molar-refractivity contribution in [2.45, 2.75) is 58.2 Å². The Bertz CT molecular complexity index is 601. The Balaban J connectivity index is 2.09. The molecule has 0 radical (unpaired) electrons. The number of amides is 1. The summed E-state index contributed by atoms with van der Waals surface area (Å²) < 4.78 is 10.5. The minimum Gasteiger partial charge on any atom is -0.464 e. The van der Waals surface area contributed by atoms with E-state index < -0.39 is 18.1 Å². The summed E-state index contributed by atoms with van der Waals surface area (Å²) in [4.78, 5) is 37.5. The summed E-state index contributed by atoms with van der Waals surface area (Å²) in [5.74, 6) is -0.397. The molecule has 1 aliphatic heterocycles. The number of hydrogen-bond acceptors (Lipinski definition) is 5. The highest BCUT2D eigenvalue weighted by atomic mass is 16.6. The van der Waals surface area contributed by atoms with Crippen LogP contribution in [0.15, 0.2) is 30.3 Å². The van der Waals surface area contributed by atoms with Gasteiger partial charge in [-0.15, -0.1) is 0 Å². The summed E-state index contributed by atoms with van der Waals surface area (Å²) >= 11 is 0. The van der Waals surface area contributed by atoms with Gasteiger partial charge in [-0.05, 0) is 24.8 Å². The molecule has 1 aromatic carbocycles. The van der Waals surface area contributed by atoms with Gasteiger partial charge in [0.15, 0.2) is 5.78 Å². The molecule has 0 aliphatic carbocycles. The van der Waals surface area contributed by atoms with Crippen molar-refractivity contribution in [1.29, 1.82) is 0 Å². The second-order valence-electron chi connectivity index (χ2n) is 6.17. The smallest absolute Gasteiger partial charge is 0.411 e. The number of nitrogens with zero attached hydrogens (tertiary/aromatic N) is 1. The maximum Gasteiger partial charge on any atom is 0.411 e. The Kier molecular flexibility index (Phi) is 6.98. The van der Waals surface area contributed by atoms with E-state index in [0.29, 0.717) is 19.3 Å². The Morgan fingerprint density at radius 1 is 1.12 bits per heavy atom. The predicted octanol–water partition coefficient (Wildman–Crippen LogP) is 3.09. The zero-order chi connectivity index (χ0) is 18.2. The molecule has 2 atom stereocenters. The molecule has 1 aromatic rings. The van der Waals surface area contributed by atoms with Crippen molar-refractivity contribution in [1.82, 2.24) is 4.90 Å². The third-order valence-electron chi connectivity index (χ3n) is 4.36. The number of hydrogen-bond donors (Lipinski definition) is 0. The normalized spacial score (nSPS) is 20.0. The van der Waals surface area contributed by atoms with E-state index in [4.69, 9.17) is 9.47 Å². The number of piperidine rings is 1. The Morgan fingerprint density at radius 3 is 2.48 bits per heavy atom. The van der Waals surface area contributed by atoms with Gasteiger partial charge in [0.05, 0.1) is 12.1 Å². The second kappa shape index (κ2) is 9.20. The largest absolute Gasteiger partial charge is 0.464 e. The molecule has 136 valence electrons. The Labute approximate surface area is 148 Å². The lowest BCUT2D eigenvalue weighted by atomic mass is 9.93. The van der Waals surface area contributed by atoms with E-state index in [9.17, 15) is 14.4 Å². The van der Waals surface area contributed by atoms with Crippen LogP contribution in [0.25, 0.3) is 0 Å². The standard InChI is InChI=1S/C19H25NO5/c1-3-18(22)17-11-7-10-16(13-24-14(2)21)20(17)19(23)25-12-15-8-5-4-6-9-15/h4-6,8-9,16-17H,3,7,10-13H2,1-2H3/t16-,17+/m0/s1. The molecule has 1 aliphatic rings. The monoisotopic (exact) mass is 347 g/mol. The molecule has 1 amide bonds. The van der Waals surface area contributed by atoms with E-state index in [1.165, 1.54) is 11.8 Å². The van der Waals surface area contributed by atoms with Crippen molar-refractivity contribution in [3.8, 4) is 0 Å². The lowest BCUT2D eigenvalue weighted by molar-refractivity contribution is -0.143. The van der Waals surface area contributed by atoms with E-state index >= 15 is 0 Å². The van der Waals surface area contributed by atoms with Crippen LogP contribution in [0.5, 0.6) is 0 Å². The van der Waals surface area contributed by atoms with Gasteiger partial charge >= 0.3 is 12.1 Å². The van der Waals surface area contributed by atoms with Gasteiger partial charge in [-0.2, -0.15) is 0 Å². The maximum absolute atomic E-state index is 12.7. The van der Waals surface area contributed by atoms with Crippen molar-refractivity contribution in [3.05, 3.63) is 35.9 Å². The molecule has 0 N–H and O–H groups in total. The molecule has 0 aromatic heterocycles. The van der Waals surface area contributed by atoms with Crippen LogP contribution in [0, 0.1) is 0 Å². The molecule has 0 saturated carbocycles. The number of ether oxygens (including phenoxy) is 2. The lowest BCUT2D eigenvalue weighted by Gasteiger charge is -2.40. The van der Waals surface area contributed by atoms with Crippen molar-refractivity contribution >= 4 is 17.8 Å². The van der Waals surface area contributed by atoms with Crippen molar-refractivity contribution in [3.63, 3.8) is 0 Å².